The molecule has 0 heterocycles. The zero-order chi connectivity index (χ0) is 11.6. The number of ether oxygens (including phenoxy) is 2. The molecule has 1 aliphatic rings. The number of methoxy groups -OCH3 is 1. The Balaban J connectivity index is 1.88. The van der Waals surface area contributed by atoms with Crippen molar-refractivity contribution < 1.29 is 14.3 Å². The molecular weight excluding hydrogens is 206 g/mol. The predicted molar refractivity (Wildman–Crippen MR) is 62.3 cm³/mol. The lowest BCUT2D eigenvalue weighted by Crippen LogP contribution is -2.30. The highest BCUT2D eigenvalue weighted by Gasteiger charge is 2.21. The molecule has 1 aliphatic carbocycles. The molecule has 4 heteroatoms. The first-order valence-corrected chi connectivity index (χ1v) is 6.19. The smallest absolute Gasteiger partial charge is 0.223 e. The van der Waals surface area contributed by atoms with E-state index in [1.165, 1.54) is 12.8 Å². The molecule has 1 fully saturated rings. The largest absolute Gasteiger partial charge is 0.382 e. The lowest BCUT2D eigenvalue weighted by atomic mass is 10.1. The molecule has 0 aromatic carbocycles. The molecule has 1 N–H and O–H groups in total. The number of nitrogens with one attached hydrogen (secondary N) is 1. The Bertz CT molecular complexity index is 191. The van der Waals surface area contributed by atoms with Crippen LogP contribution in [0.1, 0.15) is 32.1 Å². The molecule has 1 amide bonds. The fourth-order valence-electron chi connectivity index (χ4n) is 1.96. The summed E-state index contributed by atoms with van der Waals surface area (Å²) in [6.07, 6.45) is 5.42. The van der Waals surface area contributed by atoms with Crippen molar-refractivity contribution in [3.8, 4) is 0 Å². The van der Waals surface area contributed by atoms with Crippen molar-refractivity contribution in [3.63, 3.8) is 0 Å². The van der Waals surface area contributed by atoms with Gasteiger partial charge in [-0.2, -0.15) is 0 Å². The Kier molecular flexibility index (Phi) is 7.17. The molecule has 0 atom stereocenters. The minimum atomic E-state index is 0.231. The van der Waals surface area contributed by atoms with Gasteiger partial charge in [-0.25, -0.2) is 0 Å². The molecule has 94 valence electrons. The van der Waals surface area contributed by atoms with Gasteiger partial charge in [0.1, 0.15) is 0 Å². The van der Waals surface area contributed by atoms with Crippen LogP contribution < -0.4 is 5.32 Å². The molecule has 16 heavy (non-hydrogen) atoms. The lowest BCUT2D eigenvalue weighted by Gasteiger charge is -2.10. The zero-order valence-electron chi connectivity index (χ0n) is 10.2. The van der Waals surface area contributed by atoms with Crippen LogP contribution in [0.15, 0.2) is 0 Å². The Morgan fingerprint density at radius 2 is 2.00 bits per heavy atom. The first-order valence-electron chi connectivity index (χ1n) is 6.19. The molecule has 0 bridgehead atoms. The highest BCUT2D eigenvalue weighted by molar-refractivity contribution is 5.78. The van der Waals surface area contributed by atoms with Gasteiger partial charge in [0.15, 0.2) is 0 Å². The average molecular weight is 229 g/mol. The maximum atomic E-state index is 11.6. The Morgan fingerprint density at radius 3 is 2.69 bits per heavy atom. The van der Waals surface area contributed by atoms with Crippen molar-refractivity contribution in [1.29, 1.82) is 0 Å². The van der Waals surface area contributed by atoms with Crippen molar-refractivity contribution in [1.82, 2.24) is 5.32 Å². The molecule has 0 radical (unpaired) electrons. The Hall–Kier alpha value is -0.610. The average Bonchev–Trinajstić information content (AvgIpc) is 2.81. The number of carbonyl (C=O) groups excluding carboxylic acids is 1. The van der Waals surface area contributed by atoms with E-state index in [-0.39, 0.29) is 11.8 Å². The van der Waals surface area contributed by atoms with E-state index in [1.807, 2.05) is 0 Å². The van der Waals surface area contributed by atoms with Gasteiger partial charge in [0.25, 0.3) is 0 Å². The fraction of sp³-hybridized carbons (Fsp3) is 0.917. The van der Waals surface area contributed by atoms with Gasteiger partial charge in [-0.05, 0) is 19.3 Å². The van der Waals surface area contributed by atoms with Crippen LogP contribution in [0.3, 0.4) is 0 Å². The second kappa shape index (κ2) is 8.53. The van der Waals surface area contributed by atoms with E-state index >= 15 is 0 Å². The molecule has 0 aliphatic heterocycles. The Morgan fingerprint density at radius 1 is 1.25 bits per heavy atom. The normalized spacial score (nSPS) is 16.6. The number of rotatable bonds is 8. The molecule has 0 saturated heterocycles. The zero-order valence-corrected chi connectivity index (χ0v) is 10.2. The monoisotopic (exact) mass is 229 g/mol. The summed E-state index contributed by atoms with van der Waals surface area (Å²) >= 11 is 0. The summed E-state index contributed by atoms with van der Waals surface area (Å²) in [6.45, 7) is 2.68. The quantitative estimate of drug-likeness (QED) is 0.639. The van der Waals surface area contributed by atoms with Crippen molar-refractivity contribution in [2.75, 3.05) is 33.5 Å². The van der Waals surface area contributed by atoms with Crippen molar-refractivity contribution in [2.45, 2.75) is 32.1 Å². The number of carbonyl (C=O) groups is 1. The second-order valence-corrected chi connectivity index (χ2v) is 4.23. The summed E-state index contributed by atoms with van der Waals surface area (Å²) in [5.74, 6) is 0.504. The van der Waals surface area contributed by atoms with Crippen LogP contribution >= 0.6 is 0 Å². The van der Waals surface area contributed by atoms with E-state index in [0.717, 1.165) is 25.8 Å². The SMILES string of the molecule is COCCOCCCNC(=O)C1CCCC1. The van der Waals surface area contributed by atoms with Gasteiger partial charge in [-0.3, -0.25) is 4.79 Å². The number of hydrogen-bond acceptors (Lipinski definition) is 3. The van der Waals surface area contributed by atoms with Crippen LogP contribution in [-0.4, -0.2) is 39.4 Å². The number of hydrogen-bond donors (Lipinski definition) is 1. The maximum absolute atomic E-state index is 11.6. The lowest BCUT2D eigenvalue weighted by molar-refractivity contribution is -0.124. The topological polar surface area (TPSA) is 47.6 Å². The third-order valence-corrected chi connectivity index (χ3v) is 2.92. The summed E-state index contributed by atoms with van der Waals surface area (Å²) in [5, 5.41) is 2.97. The molecule has 4 nitrogen and oxygen atoms in total. The minimum Gasteiger partial charge on any atom is -0.382 e. The van der Waals surface area contributed by atoms with E-state index in [0.29, 0.717) is 19.8 Å². The highest BCUT2D eigenvalue weighted by atomic mass is 16.5. The molecule has 0 spiro atoms. The molecular formula is C12H23NO3. The molecule has 0 unspecified atom stereocenters. The van der Waals surface area contributed by atoms with E-state index in [9.17, 15) is 4.79 Å². The van der Waals surface area contributed by atoms with E-state index < -0.39 is 0 Å². The van der Waals surface area contributed by atoms with Crippen molar-refractivity contribution >= 4 is 5.91 Å². The number of amides is 1. The first kappa shape index (κ1) is 13.5. The molecule has 0 aromatic heterocycles. The van der Waals surface area contributed by atoms with Gasteiger partial charge in [-0.15, -0.1) is 0 Å². The maximum Gasteiger partial charge on any atom is 0.223 e. The van der Waals surface area contributed by atoms with Crippen LogP contribution in [-0.2, 0) is 14.3 Å². The van der Waals surface area contributed by atoms with Crippen molar-refractivity contribution in [2.24, 2.45) is 5.92 Å². The first-order chi connectivity index (χ1) is 7.84. The summed E-state index contributed by atoms with van der Waals surface area (Å²) in [5.41, 5.74) is 0. The summed E-state index contributed by atoms with van der Waals surface area (Å²) in [7, 11) is 1.66. The molecule has 0 aromatic rings. The van der Waals surface area contributed by atoms with Gasteiger partial charge in [0.2, 0.25) is 5.91 Å². The molecule has 1 saturated carbocycles. The van der Waals surface area contributed by atoms with Crippen LogP contribution in [0.4, 0.5) is 0 Å². The van der Waals surface area contributed by atoms with E-state index in [4.69, 9.17) is 9.47 Å². The highest BCUT2D eigenvalue weighted by Crippen LogP contribution is 2.24. The second-order valence-electron chi connectivity index (χ2n) is 4.23. The van der Waals surface area contributed by atoms with Gasteiger partial charge in [-0.1, -0.05) is 12.8 Å². The van der Waals surface area contributed by atoms with Gasteiger partial charge in [0.05, 0.1) is 13.2 Å². The van der Waals surface area contributed by atoms with Crippen LogP contribution in [0, 0.1) is 5.92 Å². The van der Waals surface area contributed by atoms with Crippen molar-refractivity contribution in [3.05, 3.63) is 0 Å². The minimum absolute atomic E-state index is 0.231. The third kappa shape index (κ3) is 5.47. The summed E-state index contributed by atoms with van der Waals surface area (Å²) < 4.78 is 10.2. The third-order valence-electron chi connectivity index (χ3n) is 2.92. The van der Waals surface area contributed by atoms with Crippen LogP contribution in [0.2, 0.25) is 0 Å². The van der Waals surface area contributed by atoms with Crippen LogP contribution in [0.25, 0.3) is 0 Å². The van der Waals surface area contributed by atoms with E-state index in [1.54, 1.807) is 7.11 Å². The summed E-state index contributed by atoms with van der Waals surface area (Å²) in [6, 6.07) is 0. The fourth-order valence-corrected chi connectivity index (χ4v) is 1.96. The Labute approximate surface area is 97.7 Å². The van der Waals surface area contributed by atoms with Gasteiger partial charge >= 0.3 is 0 Å². The van der Waals surface area contributed by atoms with Crippen LogP contribution in [0.5, 0.6) is 0 Å². The van der Waals surface area contributed by atoms with Gasteiger partial charge < -0.3 is 14.8 Å². The van der Waals surface area contributed by atoms with Gasteiger partial charge in [0, 0.05) is 26.2 Å². The summed E-state index contributed by atoms with van der Waals surface area (Å²) in [4.78, 5) is 11.6. The van der Waals surface area contributed by atoms with E-state index in [2.05, 4.69) is 5.32 Å². The molecule has 1 rings (SSSR count). The standard InChI is InChI=1S/C12H23NO3/c1-15-9-10-16-8-4-7-13-12(14)11-5-2-3-6-11/h11H,2-10H2,1H3,(H,13,14). The predicted octanol–water partition coefficient (Wildman–Crippen LogP) is 1.35.